The predicted molar refractivity (Wildman–Crippen MR) is 58.6 cm³/mol. The van der Waals surface area contributed by atoms with Crippen molar-refractivity contribution in [1.29, 1.82) is 0 Å². The first kappa shape index (κ1) is 11.1. The lowest BCUT2D eigenvalue weighted by atomic mass is 9.89. The minimum atomic E-state index is -0.531. The number of aliphatic hydroxyl groups is 1. The van der Waals surface area contributed by atoms with E-state index in [9.17, 15) is 10.1 Å². The fourth-order valence-electron chi connectivity index (χ4n) is 1.58. The molecular formula is C9H10ClN3O3. The summed E-state index contributed by atoms with van der Waals surface area (Å²) >= 11 is 5.63. The fourth-order valence-corrected chi connectivity index (χ4v) is 1.73. The number of anilines is 1. The second-order valence-corrected chi connectivity index (χ2v) is 4.18. The van der Waals surface area contributed by atoms with Crippen LogP contribution in [0.25, 0.3) is 0 Å². The molecule has 1 heterocycles. The molecule has 7 heteroatoms. The molecule has 0 saturated heterocycles. The van der Waals surface area contributed by atoms with Crippen LogP contribution in [0.3, 0.4) is 0 Å². The number of hydrogen-bond acceptors (Lipinski definition) is 5. The highest BCUT2D eigenvalue weighted by atomic mass is 35.5. The third-order valence-electron chi connectivity index (χ3n) is 2.48. The number of pyridine rings is 1. The smallest absolute Gasteiger partial charge is 0.312 e. The Morgan fingerprint density at radius 3 is 2.88 bits per heavy atom. The van der Waals surface area contributed by atoms with Crippen LogP contribution in [0.4, 0.5) is 11.5 Å². The van der Waals surface area contributed by atoms with E-state index in [2.05, 4.69) is 10.3 Å². The minimum Gasteiger partial charge on any atom is -0.393 e. The third-order valence-corrected chi connectivity index (χ3v) is 2.69. The summed E-state index contributed by atoms with van der Waals surface area (Å²) in [6, 6.07) is 1.30. The monoisotopic (exact) mass is 243 g/mol. The van der Waals surface area contributed by atoms with Crippen molar-refractivity contribution in [2.45, 2.75) is 25.0 Å². The maximum atomic E-state index is 10.7. The van der Waals surface area contributed by atoms with E-state index >= 15 is 0 Å². The zero-order valence-corrected chi connectivity index (χ0v) is 9.02. The predicted octanol–water partition coefficient (Wildman–Crippen LogP) is 1.58. The molecule has 86 valence electrons. The summed E-state index contributed by atoms with van der Waals surface area (Å²) in [5.74, 6) is 0.200. The van der Waals surface area contributed by atoms with Gasteiger partial charge in [0.25, 0.3) is 0 Å². The zero-order valence-electron chi connectivity index (χ0n) is 8.26. The van der Waals surface area contributed by atoms with E-state index in [1.807, 2.05) is 0 Å². The van der Waals surface area contributed by atoms with Gasteiger partial charge in [0.05, 0.1) is 16.0 Å². The van der Waals surface area contributed by atoms with Gasteiger partial charge in [-0.3, -0.25) is 10.1 Å². The van der Waals surface area contributed by atoms with Gasteiger partial charge in [0.2, 0.25) is 5.82 Å². The second-order valence-electron chi connectivity index (χ2n) is 3.74. The standard InChI is InChI=1S/C9H10ClN3O3/c10-5-1-8(13(15)16)9(11-4-5)12-6-2-7(14)3-6/h1,4,6-7,14H,2-3H2,(H,11,12). The average molecular weight is 244 g/mol. The Balaban J connectivity index is 2.16. The van der Waals surface area contributed by atoms with Gasteiger partial charge in [0.1, 0.15) is 0 Å². The Labute approximate surface area is 96.4 Å². The number of aliphatic hydroxyl groups excluding tert-OH is 1. The largest absolute Gasteiger partial charge is 0.393 e. The van der Waals surface area contributed by atoms with Gasteiger partial charge in [-0.1, -0.05) is 11.6 Å². The van der Waals surface area contributed by atoms with Crippen molar-refractivity contribution in [3.05, 3.63) is 27.4 Å². The van der Waals surface area contributed by atoms with Gasteiger partial charge in [0.15, 0.2) is 0 Å². The van der Waals surface area contributed by atoms with Gasteiger partial charge >= 0.3 is 5.69 Å². The quantitative estimate of drug-likeness (QED) is 0.622. The van der Waals surface area contributed by atoms with Crippen LogP contribution in [0, 0.1) is 10.1 Å². The van der Waals surface area contributed by atoms with Crippen molar-refractivity contribution in [1.82, 2.24) is 4.98 Å². The second kappa shape index (κ2) is 4.23. The van der Waals surface area contributed by atoms with Gasteiger partial charge in [-0.2, -0.15) is 0 Å². The normalized spacial score (nSPS) is 23.6. The van der Waals surface area contributed by atoms with E-state index in [0.717, 1.165) is 0 Å². The summed E-state index contributed by atoms with van der Waals surface area (Å²) in [6.45, 7) is 0. The Hall–Kier alpha value is -1.40. The molecule has 6 nitrogen and oxygen atoms in total. The highest BCUT2D eigenvalue weighted by Gasteiger charge is 2.29. The number of rotatable bonds is 3. The van der Waals surface area contributed by atoms with E-state index in [4.69, 9.17) is 16.7 Å². The number of nitrogens with zero attached hydrogens (tertiary/aromatic N) is 2. The molecule has 0 radical (unpaired) electrons. The van der Waals surface area contributed by atoms with Gasteiger partial charge in [0, 0.05) is 18.3 Å². The minimum absolute atomic E-state index is 0.0439. The van der Waals surface area contributed by atoms with Crippen molar-refractivity contribution in [2.75, 3.05) is 5.32 Å². The van der Waals surface area contributed by atoms with E-state index in [-0.39, 0.29) is 28.7 Å². The zero-order chi connectivity index (χ0) is 11.7. The van der Waals surface area contributed by atoms with Crippen molar-refractivity contribution >= 4 is 23.1 Å². The summed E-state index contributed by atoms with van der Waals surface area (Å²) in [4.78, 5) is 14.1. The van der Waals surface area contributed by atoms with Crippen LogP contribution in [0.2, 0.25) is 5.02 Å². The van der Waals surface area contributed by atoms with Crippen molar-refractivity contribution in [2.24, 2.45) is 0 Å². The van der Waals surface area contributed by atoms with Crippen LogP contribution < -0.4 is 5.32 Å². The highest BCUT2D eigenvalue weighted by Crippen LogP contribution is 2.29. The molecule has 16 heavy (non-hydrogen) atoms. The molecule has 0 amide bonds. The number of nitro groups is 1. The molecule has 0 spiro atoms. The van der Waals surface area contributed by atoms with Crippen molar-refractivity contribution in [3.8, 4) is 0 Å². The first-order valence-corrected chi connectivity index (χ1v) is 5.18. The number of nitrogens with one attached hydrogen (secondary N) is 1. The van der Waals surface area contributed by atoms with E-state index in [1.165, 1.54) is 12.3 Å². The molecule has 1 saturated carbocycles. The molecule has 1 aliphatic rings. The van der Waals surface area contributed by atoms with Crippen LogP contribution in [0.15, 0.2) is 12.3 Å². The molecular weight excluding hydrogens is 234 g/mol. The summed E-state index contributed by atoms with van der Waals surface area (Å²) in [5, 5.41) is 23.0. The van der Waals surface area contributed by atoms with Crippen LogP contribution >= 0.6 is 11.6 Å². The number of hydrogen-bond donors (Lipinski definition) is 2. The molecule has 2 rings (SSSR count). The molecule has 2 N–H and O–H groups in total. The van der Waals surface area contributed by atoms with Crippen LogP contribution in [-0.4, -0.2) is 27.2 Å². The molecule has 1 aromatic rings. The lowest BCUT2D eigenvalue weighted by Crippen LogP contribution is -2.39. The molecule has 0 aliphatic heterocycles. The van der Waals surface area contributed by atoms with Gasteiger partial charge in [-0.15, -0.1) is 0 Å². The summed E-state index contributed by atoms with van der Waals surface area (Å²) in [5.41, 5.74) is -0.145. The van der Waals surface area contributed by atoms with Crippen molar-refractivity contribution in [3.63, 3.8) is 0 Å². The average Bonchev–Trinajstić information content (AvgIpc) is 2.17. The first-order chi connectivity index (χ1) is 7.56. The molecule has 0 aromatic carbocycles. The van der Waals surface area contributed by atoms with E-state index in [1.54, 1.807) is 0 Å². The van der Waals surface area contributed by atoms with Gasteiger partial charge in [-0.05, 0) is 12.8 Å². The third kappa shape index (κ3) is 2.23. The Kier molecular flexibility index (Phi) is 2.93. The molecule has 1 aromatic heterocycles. The van der Waals surface area contributed by atoms with Gasteiger partial charge < -0.3 is 10.4 Å². The Morgan fingerprint density at radius 2 is 2.31 bits per heavy atom. The topological polar surface area (TPSA) is 88.3 Å². The van der Waals surface area contributed by atoms with Crippen LogP contribution in [0.5, 0.6) is 0 Å². The molecule has 0 bridgehead atoms. The fraction of sp³-hybridized carbons (Fsp3) is 0.444. The Bertz CT molecular complexity index is 420. The highest BCUT2D eigenvalue weighted by molar-refractivity contribution is 6.30. The summed E-state index contributed by atoms with van der Waals surface area (Å²) in [6.07, 6.45) is 2.21. The maximum Gasteiger partial charge on any atom is 0.312 e. The summed E-state index contributed by atoms with van der Waals surface area (Å²) < 4.78 is 0. The Morgan fingerprint density at radius 1 is 1.62 bits per heavy atom. The first-order valence-electron chi connectivity index (χ1n) is 4.81. The lowest BCUT2D eigenvalue weighted by molar-refractivity contribution is -0.384. The molecule has 0 unspecified atom stereocenters. The van der Waals surface area contributed by atoms with Crippen LogP contribution in [-0.2, 0) is 0 Å². The van der Waals surface area contributed by atoms with Gasteiger partial charge in [-0.25, -0.2) is 4.98 Å². The van der Waals surface area contributed by atoms with Crippen LogP contribution in [0.1, 0.15) is 12.8 Å². The summed E-state index contributed by atoms with van der Waals surface area (Å²) in [7, 11) is 0. The lowest BCUT2D eigenvalue weighted by Gasteiger charge is -2.32. The molecule has 1 aliphatic carbocycles. The number of halogens is 1. The SMILES string of the molecule is O=[N+]([O-])c1cc(Cl)cnc1NC1CC(O)C1. The van der Waals surface area contributed by atoms with E-state index in [0.29, 0.717) is 12.8 Å². The number of aromatic nitrogens is 1. The molecule has 1 fully saturated rings. The maximum absolute atomic E-state index is 10.7. The van der Waals surface area contributed by atoms with Crippen molar-refractivity contribution < 1.29 is 10.0 Å². The van der Waals surface area contributed by atoms with E-state index < -0.39 is 4.92 Å². The molecule has 0 atom stereocenters.